The lowest BCUT2D eigenvalue weighted by atomic mass is 9.96. The van der Waals surface area contributed by atoms with Gasteiger partial charge in [0, 0.05) is 19.2 Å². The van der Waals surface area contributed by atoms with E-state index in [9.17, 15) is 4.79 Å². The van der Waals surface area contributed by atoms with Gasteiger partial charge in [0.2, 0.25) is 5.91 Å². The van der Waals surface area contributed by atoms with Gasteiger partial charge in [-0.25, -0.2) is 0 Å². The molecular formula is C13H14N2O2. The first-order valence-corrected chi connectivity index (χ1v) is 5.51. The lowest BCUT2D eigenvalue weighted by Crippen LogP contribution is -2.23. The molecule has 1 unspecified atom stereocenters. The Labute approximate surface area is 100 Å². The van der Waals surface area contributed by atoms with Gasteiger partial charge in [0.05, 0.1) is 19.1 Å². The second kappa shape index (κ2) is 4.46. The van der Waals surface area contributed by atoms with Crippen LogP contribution < -0.4 is 9.64 Å². The Hall–Kier alpha value is -2.02. The van der Waals surface area contributed by atoms with E-state index >= 15 is 0 Å². The van der Waals surface area contributed by atoms with Gasteiger partial charge in [0.1, 0.15) is 5.75 Å². The van der Waals surface area contributed by atoms with E-state index in [0.717, 1.165) is 17.0 Å². The van der Waals surface area contributed by atoms with E-state index in [-0.39, 0.29) is 11.8 Å². The maximum absolute atomic E-state index is 12.0. The number of carbonyl (C=O) groups excluding carboxylic acids is 1. The number of likely N-dealkylation sites (N-methyl/N-ethyl adjacent to an activating group) is 1. The lowest BCUT2D eigenvalue weighted by molar-refractivity contribution is -0.119. The fraction of sp³-hybridized carbons (Fsp3) is 0.385. The summed E-state index contributed by atoms with van der Waals surface area (Å²) in [6.07, 6.45) is 0.959. The number of fused-ring (bicyclic) bond motifs is 1. The number of nitriles is 1. The lowest BCUT2D eigenvalue weighted by Gasteiger charge is -2.10. The molecule has 2 rings (SSSR count). The van der Waals surface area contributed by atoms with Crippen molar-refractivity contribution in [2.24, 2.45) is 0 Å². The molecule has 4 nitrogen and oxygen atoms in total. The minimum absolute atomic E-state index is 0.0588. The maximum Gasteiger partial charge on any atom is 0.234 e. The monoisotopic (exact) mass is 230 g/mol. The third-order valence-corrected chi connectivity index (χ3v) is 3.14. The molecule has 1 atom stereocenters. The van der Waals surface area contributed by atoms with Crippen LogP contribution in [0.25, 0.3) is 0 Å². The number of rotatable bonds is 3. The van der Waals surface area contributed by atoms with Crippen molar-refractivity contribution < 1.29 is 9.53 Å². The minimum Gasteiger partial charge on any atom is -0.497 e. The summed E-state index contributed by atoms with van der Waals surface area (Å²) in [4.78, 5) is 13.7. The Morgan fingerprint density at radius 1 is 1.53 bits per heavy atom. The molecule has 0 aromatic heterocycles. The number of nitrogens with zero attached hydrogens (tertiary/aromatic N) is 2. The van der Waals surface area contributed by atoms with E-state index in [4.69, 9.17) is 10.00 Å². The van der Waals surface area contributed by atoms with Crippen LogP contribution in [0.4, 0.5) is 5.69 Å². The van der Waals surface area contributed by atoms with E-state index in [1.165, 1.54) is 0 Å². The third kappa shape index (κ3) is 1.84. The summed E-state index contributed by atoms with van der Waals surface area (Å²) >= 11 is 0. The van der Waals surface area contributed by atoms with Gasteiger partial charge in [-0.3, -0.25) is 4.79 Å². The second-order valence-electron chi connectivity index (χ2n) is 4.07. The molecule has 1 aromatic carbocycles. The van der Waals surface area contributed by atoms with Crippen LogP contribution in [0, 0.1) is 11.3 Å². The minimum atomic E-state index is -0.204. The first-order chi connectivity index (χ1) is 8.19. The van der Waals surface area contributed by atoms with Crippen molar-refractivity contribution in [3.63, 3.8) is 0 Å². The zero-order chi connectivity index (χ0) is 12.4. The SMILES string of the molecule is COc1ccc2c(c1)C(CCC#N)C(=O)N2C. The first-order valence-electron chi connectivity index (χ1n) is 5.51. The molecular weight excluding hydrogens is 216 g/mol. The van der Waals surface area contributed by atoms with Crippen molar-refractivity contribution in [3.8, 4) is 11.8 Å². The van der Waals surface area contributed by atoms with E-state index in [1.807, 2.05) is 18.2 Å². The smallest absolute Gasteiger partial charge is 0.234 e. The van der Waals surface area contributed by atoms with Crippen molar-refractivity contribution >= 4 is 11.6 Å². The molecule has 17 heavy (non-hydrogen) atoms. The van der Waals surface area contributed by atoms with Crippen LogP contribution in [0.15, 0.2) is 18.2 Å². The van der Waals surface area contributed by atoms with Crippen LogP contribution in [0.5, 0.6) is 5.75 Å². The van der Waals surface area contributed by atoms with Gasteiger partial charge >= 0.3 is 0 Å². The number of amides is 1. The Morgan fingerprint density at radius 2 is 2.29 bits per heavy atom. The Bertz CT molecular complexity index is 491. The largest absolute Gasteiger partial charge is 0.497 e. The van der Waals surface area contributed by atoms with Crippen LogP contribution in [-0.2, 0) is 4.79 Å². The molecule has 1 amide bonds. The van der Waals surface area contributed by atoms with Crippen LogP contribution in [0.3, 0.4) is 0 Å². The van der Waals surface area contributed by atoms with Crippen LogP contribution >= 0.6 is 0 Å². The van der Waals surface area contributed by atoms with Gasteiger partial charge in [-0.05, 0) is 30.2 Å². The average molecular weight is 230 g/mol. The number of methoxy groups -OCH3 is 1. The molecule has 0 bridgehead atoms. The molecule has 0 aliphatic carbocycles. The molecule has 1 heterocycles. The van der Waals surface area contributed by atoms with Gasteiger partial charge in [0.15, 0.2) is 0 Å². The van der Waals surface area contributed by atoms with Crippen LogP contribution in [0.1, 0.15) is 24.3 Å². The maximum atomic E-state index is 12.0. The average Bonchev–Trinajstić information content (AvgIpc) is 2.59. The highest BCUT2D eigenvalue weighted by Gasteiger charge is 2.34. The first kappa shape index (κ1) is 11.5. The number of hydrogen-bond donors (Lipinski definition) is 0. The molecule has 88 valence electrons. The highest BCUT2D eigenvalue weighted by Crippen LogP contribution is 2.40. The van der Waals surface area contributed by atoms with Gasteiger partial charge in [-0.2, -0.15) is 5.26 Å². The summed E-state index contributed by atoms with van der Waals surface area (Å²) in [5.74, 6) is 0.599. The standard InChI is InChI=1S/C13H14N2O2/c1-15-12-6-5-9(17-2)8-11(12)10(13(15)16)4-3-7-14/h5-6,8,10H,3-4H2,1-2H3. The molecule has 4 heteroatoms. The second-order valence-corrected chi connectivity index (χ2v) is 4.07. The molecule has 0 saturated carbocycles. The van der Waals surface area contributed by atoms with E-state index in [1.54, 1.807) is 19.1 Å². The summed E-state index contributed by atoms with van der Waals surface area (Å²) < 4.78 is 5.17. The van der Waals surface area contributed by atoms with Crippen molar-refractivity contribution in [3.05, 3.63) is 23.8 Å². The summed E-state index contributed by atoms with van der Waals surface area (Å²) in [6.45, 7) is 0. The number of benzene rings is 1. The summed E-state index contributed by atoms with van der Waals surface area (Å²) in [5.41, 5.74) is 1.88. The highest BCUT2D eigenvalue weighted by atomic mass is 16.5. The fourth-order valence-corrected chi connectivity index (χ4v) is 2.22. The number of hydrogen-bond acceptors (Lipinski definition) is 3. The molecule has 0 fully saturated rings. The molecule has 0 N–H and O–H groups in total. The predicted octanol–water partition coefficient (Wildman–Crippen LogP) is 2.06. The molecule has 0 radical (unpaired) electrons. The van der Waals surface area contributed by atoms with Gasteiger partial charge < -0.3 is 9.64 Å². The quantitative estimate of drug-likeness (QED) is 0.798. The molecule has 1 aliphatic rings. The van der Waals surface area contributed by atoms with Crippen molar-refractivity contribution in [1.82, 2.24) is 0 Å². The number of carbonyl (C=O) groups is 1. The molecule has 0 saturated heterocycles. The fourth-order valence-electron chi connectivity index (χ4n) is 2.22. The summed E-state index contributed by atoms with van der Waals surface area (Å²) in [7, 11) is 3.37. The van der Waals surface area contributed by atoms with Crippen LogP contribution in [-0.4, -0.2) is 20.1 Å². The van der Waals surface area contributed by atoms with E-state index in [0.29, 0.717) is 12.8 Å². The third-order valence-electron chi connectivity index (χ3n) is 3.14. The number of anilines is 1. The van der Waals surface area contributed by atoms with Crippen molar-refractivity contribution in [2.75, 3.05) is 19.1 Å². The summed E-state index contributed by atoms with van der Waals surface area (Å²) in [6, 6.07) is 7.70. The molecule has 0 spiro atoms. The Balaban J connectivity index is 2.39. The Morgan fingerprint density at radius 3 is 2.94 bits per heavy atom. The van der Waals surface area contributed by atoms with Crippen molar-refractivity contribution in [2.45, 2.75) is 18.8 Å². The topological polar surface area (TPSA) is 53.3 Å². The highest BCUT2D eigenvalue weighted by molar-refractivity contribution is 6.04. The van der Waals surface area contributed by atoms with E-state index in [2.05, 4.69) is 6.07 Å². The summed E-state index contributed by atoms with van der Waals surface area (Å²) in [5, 5.41) is 8.63. The molecule has 1 aromatic rings. The zero-order valence-electron chi connectivity index (χ0n) is 9.93. The van der Waals surface area contributed by atoms with Crippen molar-refractivity contribution in [1.29, 1.82) is 5.26 Å². The predicted molar refractivity (Wildman–Crippen MR) is 64.0 cm³/mol. The van der Waals surface area contributed by atoms with Gasteiger partial charge in [0.25, 0.3) is 0 Å². The van der Waals surface area contributed by atoms with E-state index < -0.39 is 0 Å². The van der Waals surface area contributed by atoms with Gasteiger partial charge in [-0.1, -0.05) is 0 Å². The van der Waals surface area contributed by atoms with Gasteiger partial charge in [-0.15, -0.1) is 0 Å². The zero-order valence-corrected chi connectivity index (χ0v) is 9.93. The number of ether oxygens (including phenoxy) is 1. The Kier molecular flexibility index (Phi) is 3.01. The molecule has 1 aliphatic heterocycles. The normalized spacial score (nSPS) is 17.8. The van der Waals surface area contributed by atoms with Crippen LogP contribution in [0.2, 0.25) is 0 Å².